The van der Waals surface area contributed by atoms with E-state index < -0.39 is 6.04 Å². The summed E-state index contributed by atoms with van der Waals surface area (Å²) in [6, 6.07) is 13.0. The fraction of sp³-hybridized carbons (Fsp3) is 0.391. The number of hydrogen-bond acceptors (Lipinski definition) is 7. The van der Waals surface area contributed by atoms with E-state index in [1.54, 1.807) is 23.9 Å². The highest BCUT2D eigenvalue weighted by Crippen LogP contribution is 2.42. The zero-order chi connectivity index (χ0) is 21.8. The first-order valence-corrected chi connectivity index (χ1v) is 11.6. The summed E-state index contributed by atoms with van der Waals surface area (Å²) in [4.78, 5) is 23.8. The fourth-order valence-electron chi connectivity index (χ4n) is 3.96. The number of benzene rings is 2. The van der Waals surface area contributed by atoms with Gasteiger partial charge in [-0.15, -0.1) is 0 Å². The summed E-state index contributed by atoms with van der Waals surface area (Å²) in [5, 5.41) is 9.91. The van der Waals surface area contributed by atoms with Crippen LogP contribution in [-0.2, 0) is 4.79 Å². The van der Waals surface area contributed by atoms with Crippen LogP contribution in [0.3, 0.4) is 0 Å². The lowest BCUT2D eigenvalue weighted by Gasteiger charge is -2.37. The molecule has 0 spiro atoms. The number of piperazine rings is 1. The molecular formula is C23H29N5O2S. The maximum Gasteiger partial charge on any atom is 0.239 e. The molecule has 0 radical (unpaired) electrons. The lowest BCUT2D eigenvalue weighted by atomic mass is 10.1. The number of amidine groups is 1. The smallest absolute Gasteiger partial charge is 0.239 e. The van der Waals surface area contributed by atoms with Gasteiger partial charge in [0.05, 0.1) is 11.7 Å². The maximum absolute atomic E-state index is 12.7. The minimum atomic E-state index is -0.454. The van der Waals surface area contributed by atoms with Crippen LogP contribution in [0.1, 0.15) is 24.8 Å². The van der Waals surface area contributed by atoms with Crippen LogP contribution in [0.2, 0.25) is 0 Å². The Balaban J connectivity index is 1.51. The van der Waals surface area contributed by atoms with E-state index in [9.17, 15) is 9.90 Å². The third-order valence-electron chi connectivity index (χ3n) is 5.69. The van der Waals surface area contributed by atoms with Crippen LogP contribution in [0.4, 0.5) is 5.69 Å². The predicted octanol–water partition coefficient (Wildman–Crippen LogP) is 2.54. The van der Waals surface area contributed by atoms with Gasteiger partial charge >= 0.3 is 0 Å². The number of unbranched alkanes of at least 4 members (excludes halogenated alkanes) is 1. The van der Waals surface area contributed by atoms with Crippen molar-refractivity contribution in [1.82, 2.24) is 9.80 Å². The first-order valence-electron chi connectivity index (χ1n) is 10.7. The van der Waals surface area contributed by atoms with Crippen molar-refractivity contribution in [2.45, 2.75) is 35.1 Å². The average Bonchev–Trinajstić information content (AvgIpc) is 2.95. The standard InChI is InChI=1S/C23H29N5O2S/c24-10-4-3-6-18(25)23(30)28-13-11-27(12-14-28)22-17-5-1-2-7-20(17)31-21-15-16(29)8-9-19(21)26-22/h1-2,5,7-9,15,18,29H,3-4,6,10-14,24-25H2. The van der Waals surface area contributed by atoms with Gasteiger partial charge in [0.15, 0.2) is 0 Å². The molecule has 164 valence electrons. The fourth-order valence-corrected chi connectivity index (χ4v) is 5.01. The molecule has 2 aliphatic heterocycles. The average molecular weight is 440 g/mol. The number of nitrogens with two attached hydrogens (primary N) is 2. The second-order valence-electron chi connectivity index (χ2n) is 7.89. The number of phenolic OH excluding ortho intramolecular Hbond substituents is 1. The quantitative estimate of drug-likeness (QED) is 0.618. The van der Waals surface area contributed by atoms with Crippen molar-refractivity contribution in [2.24, 2.45) is 16.5 Å². The summed E-state index contributed by atoms with van der Waals surface area (Å²) >= 11 is 1.61. The number of hydrogen-bond donors (Lipinski definition) is 3. The number of aromatic hydroxyl groups is 1. The van der Waals surface area contributed by atoms with Crippen molar-refractivity contribution < 1.29 is 9.90 Å². The molecule has 0 saturated carbocycles. The molecule has 2 aromatic rings. The molecule has 1 atom stereocenters. The molecule has 31 heavy (non-hydrogen) atoms. The molecule has 1 fully saturated rings. The van der Waals surface area contributed by atoms with Crippen LogP contribution in [0, 0.1) is 0 Å². The van der Waals surface area contributed by atoms with Gasteiger partial charge in [-0.1, -0.05) is 36.4 Å². The van der Waals surface area contributed by atoms with E-state index in [4.69, 9.17) is 16.5 Å². The Hall–Kier alpha value is -2.55. The Morgan fingerprint density at radius 3 is 2.65 bits per heavy atom. The molecule has 0 bridgehead atoms. The Labute approximate surface area is 187 Å². The molecule has 2 aromatic carbocycles. The van der Waals surface area contributed by atoms with Gasteiger partial charge in [0.1, 0.15) is 11.6 Å². The summed E-state index contributed by atoms with van der Waals surface area (Å²) in [6.45, 7) is 3.28. The third-order valence-corrected chi connectivity index (χ3v) is 6.82. The molecule has 1 saturated heterocycles. The molecule has 8 heteroatoms. The van der Waals surface area contributed by atoms with Crippen LogP contribution in [0.25, 0.3) is 0 Å². The van der Waals surface area contributed by atoms with Gasteiger partial charge in [-0.3, -0.25) is 4.79 Å². The number of aliphatic imine (C=N–C) groups is 1. The van der Waals surface area contributed by atoms with E-state index in [-0.39, 0.29) is 11.7 Å². The van der Waals surface area contributed by atoms with Crippen LogP contribution < -0.4 is 11.5 Å². The lowest BCUT2D eigenvalue weighted by Crippen LogP contribution is -2.54. The Morgan fingerprint density at radius 1 is 1.10 bits per heavy atom. The maximum atomic E-state index is 12.7. The molecule has 1 unspecified atom stereocenters. The van der Waals surface area contributed by atoms with E-state index in [2.05, 4.69) is 17.0 Å². The number of amides is 1. The Bertz CT molecular complexity index is 972. The van der Waals surface area contributed by atoms with Gasteiger partial charge in [-0.25, -0.2) is 4.99 Å². The molecule has 2 heterocycles. The summed E-state index contributed by atoms with van der Waals surface area (Å²) in [6.07, 6.45) is 2.45. The van der Waals surface area contributed by atoms with Gasteiger partial charge in [0, 0.05) is 41.5 Å². The van der Waals surface area contributed by atoms with E-state index in [1.165, 1.54) is 0 Å². The molecular weight excluding hydrogens is 410 g/mol. The van der Waals surface area contributed by atoms with Gasteiger partial charge in [-0.05, 0) is 43.7 Å². The zero-order valence-electron chi connectivity index (χ0n) is 17.5. The highest BCUT2D eigenvalue weighted by atomic mass is 32.2. The number of carbonyl (C=O) groups excluding carboxylic acids is 1. The minimum Gasteiger partial charge on any atom is -0.508 e. The Kier molecular flexibility index (Phi) is 6.80. The van der Waals surface area contributed by atoms with E-state index in [0.717, 1.165) is 39.7 Å². The molecule has 2 aliphatic rings. The Morgan fingerprint density at radius 2 is 1.87 bits per heavy atom. The van der Waals surface area contributed by atoms with Crippen LogP contribution >= 0.6 is 11.8 Å². The molecule has 0 aromatic heterocycles. The summed E-state index contributed by atoms with van der Waals surface area (Å²) < 4.78 is 0. The van der Waals surface area contributed by atoms with Gasteiger partial charge in [0.25, 0.3) is 0 Å². The van der Waals surface area contributed by atoms with E-state index in [0.29, 0.717) is 39.1 Å². The normalized spacial score (nSPS) is 16.8. The topological polar surface area (TPSA) is 108 Å². The minimum absolute atomic E-state index is 0.0243. The van der Waals surface area contributed by atoms with Crippen LogP contribution in [0.5, 0.6) is 5.75 Å². The summed E-state index contributed by atoms with van der Waals surface area (Å²) in [7, 11) is 0. The lowest BCUT2D eigenvalue weighted by molar-refractivity contribution is -0.134. The second kappa shape index (κ2) is 9.72. The van der Waals surface area contributed by atoms with Crippen molar-refractivity contribution >= 4 is 29.2 Å². The van der Waals surface area contributed by atoms with Gasteiger partial charge < -0.3 is 26.4 Å². The first-order chi connectivity index (χ1) is 15.1. The van der Waals surface area contributed by atoms with Gasteiger partial charge in [0.2, 0.25) is 5.91 Å². The van der Waals surface area contributed by atoms with Crippen LogP contribution in [0.15, 0.2) is 57.2 Å². The zero-order valence-corrected chi connectivity index (χ0v) is 18.4. The highest BCUT2D eigenvalue weighted by Gasteiger charge is 2.28. The van der Waals surface area contributed by atoms with Crippen LogP contribution in [-0.4, -0.2) is 65.4 Å². The monoisotopic (exact) mass is 439 g/mol. The number of carbonyl (C=O) groups is 1. The van der Waals surface area contributed by atoms with E-state index in [1.807, 2.05) is 23.1 Å². The van der Waals surface area contributed by atoms with Crippen molar-refractivity contribution in [2.75, 3.05) is 32.7 Å². The number of nitrogens with zero attached hydrogens (tertiary/aromatic N) is 3. The van der Waals surface area contributed by atoms with Crippen molar-refractivity contribution in [3.8, 4) is 5.75 Å². The molecule has 7 nitrogen and oxygen atoms in total. The molecule has 5 N–H and O–H groups in total. The number of phenols is 1. The largest absolute Gasteiger partial charge is 0.508 e. The highest BCUT2D eigenvalue weighted by molar-refractivity contribution is 7.99. The number of fused-ring (bicyclic) bond motifs is 2. The van der Waals surface area contributed by atoms with Crippen molar-refractivity contribution in [1.29, 1.82) is 0 Å². The third kappa shape index (κ3) is 4.87. The summed E-state index contributed by atoms with van der Waals surface area (Å²) in [5.41, 5.74) is 13.6. The second-order valence-corrected chi connectivity index (χ2v) is 8.97. The number of rotatable bonds is 5. The van der Waals surface area contributed by atoms with E-state index >= 15 is 0 Å². The van der Waals surface area contributed by atoms with Gasteiger partial charge in [-0.2, -0.15) is 0 Å². The SMILES string of the molecule is NCCCCC(N)C(=O)N1CCN(C2=Nc3ccc(O)cc3Sc3ccccc32)CC1. The molecule has 4 rings (SSSR count). The first kappa shape index (κ1) is 21.7. The van der Waals surface area contributed by atoms with Crippen molar-refractivity contribution in [3.05, 3.63) is 48.0 Å². The predicted molar refractivity (Wildman–Crippen MR) is 124 cm³/mol. The summed E-state index contributed by atoms with van der Waals surface area (Å²) in [5.74, 6) is 1.17. The molecule has 0 aliphatic carbocycles. The van der Waals surface area contributed by atoms with Crippen molar-refractivity contribution in [3.63, 3.8) is 0 Å². The molecule has 1 amide bonds.